The van der Waals surface area contributed by atoms with Crippen molar-refractivity contribution in [2.24, 2.45) is 5.92 Å². The molecule has 2 rings (SSSR count). The Morgan fingerprint density at radius 3 is 2.48 bits per heavy atom. The number of benzene rings is 1. The molecule has 0 atom stereocenters. The van der Waals surface area contributed by atoms with Gasteiger partial charge in [0.2, 0.25) is 0 Å². The average molecular weight is 286 g/mol. The van der Waals surface area contributed by atoms with Crippen molar-refractivity contribution in [3.8, 4) is 6.07 Å². The molecule has 0 radical (unpaired) electrons. The molecule has 110 valence electrons. The smallest absolute Gasteiger partial charge is 0.309 e. The Bertz CT molecular complexity index is 540. The van der Waals surface area contributed by atoms with Gasteiger partial charge in [0.1, 0.15) is 0 Å². The molecule has 5 heteroatoms. The van der Waals surface area contributed by atoms with Crippen LogP contribution in [0.25, 0.3) is 0 Å². The van der Waals surface area contributed by atoms with Crippen molar-refractivity contribution in [3.63, 3.8) is 0 Å². The van der Waals surface area contributed by atoms with E-state index in [0.29, 0.717) is 11.3 Å². The summed E-state index contributed by atoms with van der Waals surface area (Å²) in [6.07, 6.45) is 4.99. The fraction of sp³-hybridized carbons (Fsp3) is 0.438. The molecule has 0 heterocycles. The molecule has 0 unspecified atom stereocenters. The Kier molecular flexibility index (Phi) is 5.33. The first kappa shape index (κ1) is 15.0. The highest BCUT2D eigenvalue weighted by Gasteiger charge is 2.23. The fourth-order valence-corrected chi connectivity index (χ4v) is 2.42. The van der Waals surface area contributed by atoms with Crippen LogP contribution >= 0.6 is 0 Å². The number of ether oxygens (including phenoxy) is 1. The minimum atomic E-state index is -0.371. The molecule has 1 aromatic carbocycles. The van der Waals surface area contributed by atoms with E-state index in [-0.39, 0.29) is 24.4 Å². The summed E-state index contributed by atoms with van der Waals surface area (Å²) in [6, 6.07) is 8.51. The Labute approximate surface area is 123 Å². The molecular weight excluding hydrogens is 268 g/mol. The zero-order valence-electron chi connectivity index (χ0n) is 11.8. The normalized spacial score (nSPS) is 15.0. The fourth-order valence-electron chi connectivity index (χ4n) is 2.42. The minimum absolute atomic E-state index is 0.0542. The van der Waals surface area contributed by atoms with E-state index in [4.69, 9.17) is 10.00 Å². The van der Waals surface area contributed by atoms with Gasteiger partial charge in [-0.1, -0.05) is 19.3 Å². The number of rotatable bonds is 4. The number of hydrogen-bond acceptors (Lipinski definition) is 4. The van der Waals surface area contributed by atoms with Crippen LogP contribution in [0, 0.1) is 17.2 Å². The molecule has 0 bridgehead atoms. The summed E-state index contributed by atoms with van der Waals surface area (Å²) in [7, 11) is 0. The third kappa shape index (κ3) is 4.60. The van der Waals surface area contributed by atoms with E-state index in [0.717, 1.165) is 25.7 Å². The molecule has 1 N–H and O–H groups in total. The Morgan fingerprint density at radius 2 is 1.86 bits per heavy atom. The average Bonchev–Trinajstić information content (AvgIpc) is 2.54. The van der Waals surface area contributed by atoms with Crippen LogP contribution in [0.2, 0.25) is 0 Å². The molecule has 5 nitrogen and oxygen atoms in total. The molecule has 0 aromatic heterocycles. The van der Waals surface area contributed by atoms with Crippen LogP contribution in [0.1, 0.15) is 37.7 Å². The van der Waals surface area contributed by atoms with Gasteiger partial charge in [-0.25, -0.2) is 0 Å². The highest BCUT2D eigenvalue weighted by atomic mass is 16.5. The van der Waals surface area contributed by atoms with Crippen molar-refractivity contribution in [3.05, 3.63) is 29.8 Å². The van der Waals surface area contributed by atoms with Gasteiger partial charge < -0.3 is 10.1 Å². The van der Waals surface area contributed by atoms with Crippen molar-refractivity contribution in [1.29, 1.82) is 5.26 Å². The first-order valence-electron chi connectivity index (χ1n) is 7.15. The van der Waals surface area contributed by atoms with E-state index in [1.165, 1.54) is 6.42 Å². The van der Waals surface area contributed by atoms with Crippen molar-refractivity contribution in [2.75, 3.05) is 11.9 Å². The van der Waals surface area contributed by atoms with Crippen LogP contribution in [-0.2, 0) is 14.3 Å². The lowest BCUT2D eigenvalue weighted by atomic mass is 9.89. The van der Waals surface area contributed by atoms with E-state index in [2.05, 4.69) is 5.32 Å². The summed E-state index contributed by atoms with van der Waals surface area (Å²) in [5, 5.41) is 11.3. The van der Waals surface area contributed by atoms with Gasteiger partial charge in [-0.15, -0.1) is 0 Å². The largest absolute Gasteiger partial charge is 0.455 e. The van der Waals surface area contributed by atoms with E-state index < -0.39 is 0 Å². The lowest BCUT2D eigenvalue weighted by molar-refractivity contribution is -0.152. The maximum Gasteiger partial charge on any atom is 0.309 e. The topological polar surface area (TPSA) is 79.2 Å². The van der Waals surface area contributed by atoms with Gasteiger partial charge in [-0.3, -0.25) is 9.59 Å². The number of nitriles is 1. The van der Waals surface area contributed by atoms with Crippen molar-refractivity contribution in [2.45, 2.75) is 32.1 Å². The van der Waals surface area contributed by atoms with Crippen LogP contribution < -0.4 is 5.32 Å². The van der Waals surface area contributed by atoms with Crippen LogP contribution in [-0.4, -0.2) is 18.5 Å². The zero-order valence-corrected chi connectivity index (χ0v) is 11.8. The number of hydrogen-bond donors (Lipinski definition) is 1. The number of esters is 1. The second-order valence-electron chi connectivity index (χ2n) is 5.18. The molecular formula is C16H18N2O3. The van der Waals surface area contributed by atoms with E-state index >= 15 is 0 Å². The predicted octanol–water partition coefficient (Wildman–Crippen LogP) is 2.62. The number of nitrogens with one attached hydrogen (secondary N) is 1. The number of anilines is 1. The first-order chi connectivity index (χ1) is 10.2. The maximum absolute atomic E-state index is 11.8. The summed E-state index contributed by atoms with van der Waals surface area (Å²) in [5.41, 5.74) is 1.10. The molecule has 1 aliphatic rings. The van der Waals surface area contributed by atoms with Gasteiger partial charge in [0.25, 0.3) is 5.91 Å². The minimum Gasteiger partial charge on any atom is -0.455 e. The second-order valence-corrected chi connectivity index (χ2v) is 5.18. The summed E-state index contributed by atoms with van der Waals surface area (Å²) >= 11 is 0. The highest BCUT2D eigenvalue weighted by Crippen LogP contribution is 2.24. The predicted molar refractivity (Wildman–Crippen MR) is 77.3 cm³/mol. The molecule has 1 aromatic rings. The van der Waals surface area contributed by atoms with E-state index in [1.54, 1.807) is 24.3 Å². The summed E-state index contributed by atoms with van der Waals surface area (Å²) < 4.78 is 5.06. The number of carbonyl (C=O) groups excluding carboxylic acids is 2. The van der Waals surface area contributed by atoms with E-state index in [1.807, 2.05) is 6.07 Å². The molecule has 1 aliphatic carbocycles. The Hall–Kier alpha value is -2.35. The van der Waals surface area contributed by atoms with Gasteiger partial charge >= 0.3 is 5.97 Å². The summed E-state index contributed by atoms with van der Waals surface area (Å²) in [4.78, 5) is 23.5. The monoisotopic (exact) mass is 286 g/mol. The van der Waals surface area contributed by atoms with Gasteiger partial charge in [0, 0.05) is 5.69 Å². The second kappa shape index (κ2) is 7.44. The highest BCUT2D eigenvalue weighted by molar-refractivity contribution is 5.92. The summed E-state index contributed by atoms with van der Waals surface area (Å²) in [5.74, 6) is -0.699. The number of carbonyl (C=O) groups is 2. The van der Waals surface area contributed by atoms with Crippen molar-refractivity contribution >= 4 is 17.6 Å². The van der Waals surface area contributed by atoms with Crippen molar-refractivity contribution in [1.82, 2.24) is 0 Å². The molecule has 21 heavy (non-hydrogen) atoms. The van der Waals surface area contributed by atoms with Gasteiger partial charge in [-0.2, -0.15) is 5.26 Å². The Morgan fingerprint density at radius 1 is 1.19 bits per heavy atom. The van der Waals surface area contributed by atoms with Crippen LogP contribution in [0.5, 0.6) is 0 Å². The molecule has 1 fully saturated rings. The lowest BCUT2D eigenvalue weighted by Gasteiger charge is -2.19. The third-order valence-electron chi connectivity index (χ3n) is 3.58. The first-order valence-corrected chi connectivity index (χ1v) is 7.15. The van der Waals surface area contributed by atoms with Gasteiger partial charge in [0.05, 0.1) is 17.6 Å². The Balaban J connectivity index is 1.76. The zero-order chi connectivity index (χ0) is 15.1. The summed E-state index contributed by atoms with van der Waals surface area (Å²) in [6.45, 7) is -0.269. The molecule has 1 saturated carbocycles. The van der Waals surface area contributed by atoms with E-state index in [9.17, 15) is 9.59 Å². The number of nitrogens with zero attached hydrogens (tertiary/aromatic N) is 1. The van der Waals surface area contributed by atoms with Gasteiger partial charge in [-0.05, 0) is 37.1 Å². The third-order valence-corrected chi connectivity index (χ3v) is 3.58. The molecule has 0 spiro atoms. The van der Waals surface area contributed by atoms with Crippen LogP contribution in [0.4, 0.5) is 5.69 Å². The standard InChI is InChI=1S/C16H18N2O3/c17-10-12-6-8-14(9-7-12)18-15(19)11-21-16(20)13-4-2-1-3-5-13/h6-9,13H,1-5,11H2,(H,18,19). The maximum atomic E-state index is 11.8. The van der Waals surface area contributed by atoms with Gasteiger partial charge in [0.15, 0.2) is 6.61 Å². The lowest BCUT2D eigenvalue weighted by Crippen LogP contribution is -2.26. The van der Waals surface area contributed by atoms with Crippen molar-refractivity contribution < 1.29 is 14.3 Å². The van der Waals surface area contributed by atoms with Crippen LogP contribution in [0.3, 0.4) is 0 Å². The molecule has 0 saturated heterocycles. The number of amides is 1. The SMILES string of the molecule is N#Cc1ccc(NC(=O)COC(=O)C2CCCCC2)cc1. The molecule has 0 aliphatic heterocycles. The molecule has 1 amide bonds. The van der Waals surface area contributed by atoms with Crippen LogP contribution in [0.15, 0.2) is 24.3 Å². The quantitative estimate of drug-likeness (QED) is 0.863.